The third-order valence-corrected chi connectivity index (χ3v) is 3.86. The summed E-state index contributed by atoms with van der Waals surface area (Å²) in [5, 5.41) is 13.0. The van der Waals surface area contributed by atoms with E-state index in [0.29, 0.717) is 10.8 Å². The predicted octanol–water partition coefficient (Wildman–Crippen LogP) is 0.757. The van der Waals surface area contributed by atoms with Crippen molar-refractivity contribution in [2.45, 2.75) is 32.8 Å². The SMILES string of the molecule is CC12CNCC1(C)CC(O)C2. The van der Waals surface area contributed by atoms with Crippen molar-refractivity contribution < 1.29 is 5.11 Å². The number of hydrogen-bond acceptors (Lipinski definition) is 2. The molecule has 0 aromatic rings. The Labute approximate surface area is 68.0 Å². The highest BCUT2D eigenvalue weighted by Gasteiger charge is 2.54. The van der Waals surface area contributed by atoms with Crippen molar-refractivity contribution >= 4 is 0 Å². The Bertz CT molecular complexity index is 164. The molecule has 2 unspecified atom stereocenters. The monoisotopic (exact) mass is 155 g/mol. The second-order valence-electron chi connectivity index (χ2n) is 4.79. The maximum atomic E-state index is 9.54. The number of nitrogens with one attached hydrogen (secondary N) is 1. The van der Waals surface area contributed by atoms with E-state index in [1.165, 1.54) is 0 Å². The Hall–Kier alpha value is -0.0800. The molecular formula is C9H17NO. The average Bonchev–Trinajstić information content (AvgIpc) is 2.16. The van der Waals surface area contributed by atoms with E-state index >= 15 is 0 Å². The number of hydrogen-bond donors (Lipinski definition) is 2. The van der Waals surface area contributed by atoms with Crippen LogP contribution in [-0.4, -0.2) is 24.3 Å². The molecule has 64 valence electrons. The van der Waals surface area contributed by atoms with Gasteiger partial charge in [-0.1, -0.05) is 13.8 Å². The Morgan fingerprint density at radius 1 is 1.18 bits per heavy atom. The van der Waals surface area contributed by atoms with Crippen LogP contribution in [0.15, 0.2) is 0 Å². The smallest absolute Gasteiger partial charge is 0.0552 e. The summed E-state index contributed by atoms with van der Waals surface area (Å²) in [5.41, 5.74) is 0.707. The first-order valence-corrected chi connectivity index (χ1v) is 4.45. The topological polar surface area (TPSA) is 32.3 Å². The number of aliphatic hydroxyl groups is 1. The van der Waals surface area contributed by atoms with Crippen LogP contribution >= 0.6 is 0 Å². The van der Waals surface area contributed by atoms with E-state index in [9.17, 15) is 5.11 Å². The van der Waals surface area contributed by atoms with E-state index < -0.39 is 0 Å². The molecule has 2 heteroatoms. The maximum Gasteiger partial charge on any atom is 0.0552 e. The van der Waals surface area contributed by atoms with Gasteiger partial charge in [-0.25, -0.2) is 0 Å². The molecule has 1 heterocycles. The highest BCUT2D eigenvalue weighted by Crippen LogP contribution is 2.54. The van der Waals surface area contributed by atoms with Crippen LogP contribution < -0.4 is 5.32 Å². The lowest BCUT2D eigenvalue weighted by Gasteiger charge is -2.32. The first-order valence-electron chi connectivity index (χ1n) is 4.45. The summed E-state index contributed by atoms with van der Waals surface area (Å²) in [7, 11) is 0. The van der Waals surface area contributed by atoms with Crippen molar-refractivity contribution in [3.8, 4) is 0 Å². The van der Waals surface area contributed by atoms with Gasteiger partial charge in [0.15, 0.2) is 0 Å². The molecule has 2 N–H and O–H groups in total. The minimum absolute atomic E-state index is 0.0490. The summed E-state index contributed by atoms with van der Waals surface area (Å²) in [4.78, 5) is 0. The van der Waals surface area contributed by atoms with Crippen LogP contribution in [0.4, 0.5) is 0 Å². The summed E-state index contributed by atoms with van der Waals surface area (Å²) in [6, 6.07) is 0. The third kappa shape index (κ3) is 0.859. The van der Waals surface area contributed by atoms with Gasteiger partial charge in [-0.3, -0.25) is 0 Å². The molecule has 11 heavy (non-hydrogen) atoms. The van der Waals surface area contributed by atoms with Gasteiger partial charge in [-0.2, -0.15) is 0 Å². The summed E-state index contributed by atoms with van der Waals surface area (Å²) in [6.07, 6.45) is 1.92. The van der Waals surface area contributed by atoms with Gasteiger partial charge in [0, 0.05) is 13.1 Å². The average molecular weight is 155 g/mol. The normalized spacial score (nSPS) is 56.5. The zero-order valence-corrected chi connectivity index (χ0v) is 7.35. The summed E-state index contributed by atoms with van der Waals surface area (Å²) >= 11 is 0. The second-order valence-corrected chi connectivity index (χ2v) is 4.79. The third-order valence-electron chi connectivity index (χ3n) is 3.86. The highest BCUT2D eigenvalue weighted by atomic mass is 16.3. The van der Waals surface area contributed by atoms with Gasteiger partial charge in [0.25, 0.3) is 0 Å². The molecule has 2 fully saturated rings. The number of aliphatic hydroxyl groups excluding tert-OH is 1. The second kappa shape index (κ2) is 1.99. The molecule has 0 aromatic carbocycles. The molecule has 2 nitrogen and oxygen atoms in total. The van der Waals surface area contributed by atoms with E-state index in [0.717, 1.165) is 25.9 Å². The molecular weight excluding hydrogens is 138 g/mol. The van der Waals surface area contributed by atoms with Crippen molar-refractivity contribution in [1.82, 2.24) is 5.32 Å². The van der Waals surface area contributed by atoms with Crippen LogP contribution in [0.2, 0.25) is 0 Å². The molecule has 1 aliphatic carbocycles. The van der Waals surface area contributed by atoms with E-state index in [1.807, 2.05) is 0 Å². The standard InChI is InChI=1S/C9H17NO/c1-8-3-7(11)4-9(8,2)6-10-5-8/h7,10-11H,3-6H2,1-2H3. The molecule has 0 spiro atoms. The Morgan fingerprint density at radius 3 is 2.09 bits per heavy atom. The first-order chi connectivity index (χ1) is 5.06. The van der Waals surface area contributed by atoms with Crippen molar-refractivity contribution in [1.29, 1.82) is 0 Å². The molecule has 0 aromatic heterocycles. The van der Waals surface area contributed by atoms with Crippen LogP contribution in [0.25, 0.3) is 0 Å². The van der Waals surface area contributed by atoms with E-state index in [4.69, 9.17) is 0 Å². The largest absolute Gasteiger partial charge is 0.393 e. The van der Waals surface area contributed by atoms with Crippen molar-refractivity contribution in [3.63, 3.8) is 0 Å². The van der Waals surface area contributed by atoms with Gasteiger partial charge in [-0.05, 0) is 23.7 Å². The highest BCUT2D eigenvalue weighted by molar-refractivity contribution is 5.07. The molecule has 1 aliphatic heterocycles. The fourth-order valence-electron chi connectivity index (χ4n) is 2.79. The summed E-state index contributed by atoms with van der Waals surface area (Å²) < 4.78 is 0. The lowest BCUT2D eigenvalue weighted by molar-refractivity contribution is 0.163. The molecule has 2 atom stereocenters. The molecule has 2 aliphatic rings. The van der Waals surface area contributed by atoms with Gasteiger partial charge in [0.1, 0.15) is 0 Å². The maximum absolute atomic E-state index is 9.54. The number of rotatable bonds is 0. The van der Waals surface area contributed by atoms with Crippen LogP contribution in [0.3, 0.4) is 0 Å². The van der Waals surface area contributed by atoms with Crippen LogP contribution in [0.1, 0.15) is 26.7 Å². The lowest BCUT2D eigenvalue weighted by atomic mass is 9.71. The van der Waals surface area contributed by atoms with Gasteiger partial charge >= 0.3 is 0 Å². The summed E-state index contributed by atoms with van der Waals surface area (Å²) in [6.45, 7) is 6.76. The van der Waals surface area contributed by atoms with Crippen LogP contribution in [0, 0.1) is 10.8 Å². The molecule has 0 amide bonds. The zero-order chi connectivity index (χ0) is 8.11. The fraction of sp³-hybridized carbons (Fsp3) is 1.00. The Kier molecular flexibility index (Phi) is 1.37. The summed E-state index contributed by atoms with van der Waals surface area (Å²) in [5.74, 6) is 0. The van der Waals surface area contributed by atoms with Crippen molar-refractivity contribution in [2.24, 2.45) is 10.8 Å². The molecule has 0 radical (unpaired) electrons. The molecule has 1 saturated heterocycles. The molecule has 0 bridgehead atoms. The molecule has 1 saturated carbocycles. The van der Waals surface area contributed by atoms with Gasteiger partial charge in [0.2, 0.25) is 0 Å². The van der Waals surface area contributed by atoms with Crippen LogP contribution in [0.5, 0.6) is 0 Å². The van der Waals surface area contributed by atoms with Crippen molar-refractivity contribution in [3.05, 3.63) is 0 Å². The van der Waals surface area contributed by atoms with Gasteiger partial charge in [0.05, 0.1) is 6.10 Å². The van der Waals surface area contributed by atoms with E-state index in [2.05, 4.69) is 19.2 Å². The van der Waals surface area contributed by atoms with Gasteiger partial charge in [-0.15, -0.1) is 0 Å². The molecule has 2 rings (SSSR count). The van der Waals surface area contributed by atoms with Crippen LogP contribution in [-0.2, 0) is 0 Å². The van der Waals surface area contributed by atoms with E-state index in [-0.39, 0.29) is 6.10 Å². The first kappa shape index (κ1) is 7.56. The fourth-order valence-corrected chi connectivity index (χ4v) is 2.79. The Balaban J connectivity index is 2.28. The van der Waals surface area contributed by atoms with Crippen molar-refractivity contribution in [2.75, 3.05) is 13.1 Å². The minimum atomic E-state index is -0.0490. The lowest BCUT2D eigenvalue weighted by Crippen LogP contribution is -2.30. The minimum Gasteiger partial charge on any atom is -0.393 e. The number of fused-ring (bicyclic) bond motifs is 1. The zero-order valence-electron chi connectivity index (χ0n) is 7.35. The Morgan fingerprint density at radius 2 is 1.64 bits per heavy atom. The predicted molar refractivity (Wildman–Crippen MR) is 44.3 cm³/mol. The van der Waals surface area contributed by atoms with Gasteiger partial charge < -0.3 is 10.4 Å². The van der Waals surface area contributed by atoms with E-state index in [1.54, 1.807) is 0 Å². The quantitative estimate of drug-likeness (QED) is 0.541.